The topological polar surface area (TPSA) is 36.9 Å². The van der Waals surface area contributed by atoms with Crippen LogP contribution in [0.2, 0.25) is 18.1 Å². The third-order valence-corrected chi connectivity index (χ3v) is 9.09. The average molecular weight is 277 g/mol. The highest BCUT2D eigenvalue weighted by Gasteiger charge is 2.43. The molecule has 4 heteroatoms. The lowest BCUT2D eigenvalue weighted by molar-refractivity contribution is -0.726. The molecule has 0 atom stereocenters. The summed E-state index contributed by atoms with van der Waals surface area (Å²) in [5.74, 6) is 0.588. The summed E-state index contributed by atoms with van der Waals surface area (Å²) in [5, 5.41) is 9.11. The number of pyridine rings is 1. The van der Waals surface area contributed by atoms with E-state index in [-0.39, 0.29) is 5.04 Å². The largest absolute Gasteiger partial charge is 0.365 e. The van der Waals surface area contributed by atoms with Crippen molar-refractivity contribution in [3.05, 3.63) is 30.1 Å². The molecular formula is C15H25N2OSi+. The van der Waals surface area contributed by atoms with Crippen LogP contribution in [0.15, 0.2) is 24.5 Å². The van der Waals surface area contributed by atoms with Gasteiger partial charge in [0.15, 0.2) is 12.4 Å². The van der Waals surface area contributed by atoms with E-state index in [1.54, 1.807) is 6.07 Å². The van der Waals surface area contributed by atoms with Gasteiger partial charge in [-0.05, 0) is 30.1 Å². The van der Waals surface area contributed by atoms with Gasteiger partial charge in [-0.3, -0.25) is 0 Å². The molecule has 0 N–H and O–H groups in total. The van der Waals surface area contributed by atoms with Crippen molar-refractivity contribution >= 4 is 8.32 Å². The third kappa shape index (κ3) is 3.65. The van der Waals surface area contributed by atoms with E-state index >= 15 is 0 Å². The van der Waals surface area contributed by atoms with Gasteiger partial charge in [-0.15, -0.1) is 0 Å². The fraction of sp³-hybridized carbons (Fsp3) is 0.600. The van der Waals surface area contributed by atoms with Crippen molar-refractivity contribution in [2.45, 2.75) is 52.6 Å². The molecule has 1 heterocycles. The molecule has 0 aromatic carbocycles. The molecule has 1 aromatic rings. The molecular weight excluding hydrogens is 252 g/mol. The number of nitriles is 1. The predicted molar refractivity (Wildman–Crippen MR) is 78.8 cm³/mol. The lowest BCUT2D eigenvalue weighted by Gasteiger charge is -2.41. The number of nitrogens with zero attached hydrogens (tertiary/aromatic N) is 2. The van der Waals surface area contributed by atoms with Gasteiger partial charge in [0.2, 0.25) is 15.0 Å². The van der Waals surface area contributed by atoms with Gasteiger partial charge in [0, 0.05) is 6.07 Å². The van der Waals surface area contributed by atoms with Crippen molar-refractivity contribution < 1.29 is 8.99 Å². The Hall–Kier alpha value is -1.18. The Kier molecular flexibility index (Phi) is 4.89. The highest BCUT2D eigenvalue weighted by molar-refractivity contribution is 6.74. The molecule has 3 nitrogen and oxygen atoms in total. The molecule has 0 fully saturated rings. The highest BCUT2D eigenvalue weighted by Crippen LogP contribution is 2.44. The van der Waals surface area contributed by atoms with Crippen LogP contribution in [-0.2, 0) is 11.2 Å². The minimum Gasteiger partial charge on any atom is -0.365 e. The Labute approximate surface area is 118 Å². The van der Waals surface area contributed by atoms with Crippen LogP contribution >= 0.6 is 0 Å². The Bertz CT molecular complexity index is 475. The zero-order valence-electron chi connectivity index (χ0n) is 12.9. The summed E-state index contributed by atoms with van der Waals surface area (Å²) < 4.78 is 8.17. The molecule has 0 saturated carbocycles. The van der Waals surface area contributed by atoms with Crippen LogP contribution in [0.3, 0.4) is 0 Å². The van der Waals surface area contributed by atoms with E-state index in [4.69, 9.17) is 9.69 Å². The second kappa shape index (κ2) is 5.85. The molecule has 0 radical (unpaired) electrons. The Morgan fingerprint density at radius 3 is 2.58 bits per heavy atom. The van der Waals surface area contributed by atoms with E-state index in [1.165, 1.54) is 0 Å². The molecule has 0 amide bonds. The minimum atomic E-state index is -1.81. The van der Waals surface area contributed by atoms with Crippen LogP contribution < -0.4 is 4.57 Å². The molecule has 104 valence electrons. The van der Waals surface area contributed by atoms with E-state index in [1.807, 2.05) is 23.0 Å². The number of aromatic nitrogens is 1. The first-order chi connectivity index (χ1) is 8.70. The van der Waals surface area contributed by atoms with Gasteiger partial charge < -0.3 is 4.43 Å². The van der Waals surface area contributed by atoms with Gasteiger partial charge in [-0.25, -0.2) is 0 Å². The van der Waals surface area contributed by atoms with Gasteiger partial charge in [0.05, 0.1) is 0 Å². The summed E-state index contributed by atoms with van der Waals surface area (Å²) in [4.78, 5) is 0. The number of hydrogen-bond donors (Lipinski definition) is 0. The van der Waals surface area contributed by atoms with Crippen molar-refractivity contribution in [2.24, 2.45) is 5.92 Å². The Balaban J connectivity index is 2.78. The molecule has 0 unspecified atom stereocenters. The Morgan fingerprint density at radius 2 is 2.05 bits per heavy atom. The first kappa shape index (κ1) is 15.9. The summed E-state index contributed by atoms with van der Waals surface area (Å²) in [6.07, 6.45) is 3.76. The maximum atomic E-state index is 8.90. The first-order valence-corrected chi connectivity index (χ1v) is 9.64. The van der Waals surface area contributed by atoms with Crippen LogP contribution in [0.5, 0.6) is 0 Å². The van der Waals surface area contributed by atoms with E-state index in [0.29, 0.717) is 18.2 Å². The van der Waals surface area contributed by atoms with E-state index in [9.17, 15) is 0 Å². The van der Waals surface area contributed by atoms with Crippen molar-refractivity contribution in [3.63, 3.8) is 0 Å². The lowest BCUT2D eigenvalue weighted by Crippen LogP contribution is -2.49. The summed E-state index contributed by atoms with van der Waals surface area (Å²) >= 11 is 0. The van der Waals surface area contributed by atoms with Gasteiger partial charge in [-0.1, -0.05) is 27.7 Å². The van der Waals surface area contributed by atoms with E-state index in [2.05, 4.69) is 46.9 Å². The fourth-order valence-electron chi connectivity index (χ4n) is 1.79. The zero-order chi connectivity index (χ0) is 14.7. The van der Waals surface area contributed by atoms with E-state index in [0.717, 1.165) is 0 Å². The van der Waals surface area contributed by atoms with Crippen molar-refractivity contribution in [3.8, 4) is 6.07 Å². The number of rotatable bonds is 5. The second-order valence-electron chi connectivity index (χ2n) is 6.38. The first-order valence-electron chi connectivity index (χ1n) is 6.74. The normalized spacial score (nSPS) is 12.5. The van der Waals surface area contributed by atoms with Crippen LogP contribution in [0.1, 0.15) is 33.3 Å². The van der Waals surface area contributed by atoms with Gasteiger partial charge in [0.25, 0.3) is 0 Å². The van der Waals surface area contributed by atoms with Gasteiger partial charge in [0.1, 0.15) is 11.6 Å². The number of hydrogen-bond acceptors (Lipinski definition) is 2. The maximum Gasteiger partial charge on any atom is 0.243 e. The molecule has 0 bridgehead atoms. The zero-order valence-corrected chi connectivity index (χ0v) is 13.9. The second-order valence-corrected chi connectivity index (χ2v) is 11.0. The lowest BCUT2D eigenvalue weighted by atomic mass is 9.99. The molecule has 0 saturated heterocycles. The van der Waals surface area contributed by atoms with Crippen LogP contribution in [0.4, 0.5) is 0 Å². The SMILES string of the molecule is CC(C)C(C)(C)[Si](C)(C)OC[n+]1cccc(C#N)c1. The maximum absolute atomic E-state index is 8.90. The van der Waals surface area contributed by atoms with E-state index < -0.39 is 8.32 Å². The smallest absolute Gasteiger partial charge is 0.243 e. The highest BCUT2D eigenvalue weighted by atomic mass is 28.4. The van der Waals surface area contributed by atoms with Gasteiger partial charge in [-0.2, -0.15) is 9.83 Å². The Morgan fingerprint density at radius 1 is 1.42 bits per heavy atom. The van der Waals surface area contributed by atoms with Crippen LogP contribution in [0, 0.1) is 17.2 Å². The van der Waals surface area contributed by atoms with Crippen LogP contribution in [-0.4, -0.2) is 8.32 Å². The fourth-order valence-corrected chi connectivity index (χ4v) is 4.02. The van der Waals surface area contributed by atoms with Crippen molar-refractivity contribution in [2.75, 3.05) is 0 Å². The van der Waals surface area contributed by atoms with Crippen molar-refractivity contribution in [1.29, 1.82) is 5.26 Å². The standard InChI is InChI=1S/C15H25N2OSi/c1-13(2)15(3,4)19(5,6)18-12-17-9-7-8-14(10-16)11-17/h7-9,11,13H,12H2,1-6H3/q+1. The summed E-state index contributed by atoms with van der Waals surface area (Å²) in [6, 6.07) is 5.83. The summed E-state index contributed by atoms with van der Waals surface area (Å²) in [6.45, 7) is 14.1. The minimum absolute atomic E-state index is 0.209. The quantitative estimate of drug-likeness (QED) is 0.610. The third-order valence-electron chi connectivity index (χ3n) is 4.56. The monoisotopic (exact) mass is 277 g/mol. The van der Waals surface area contributed by atoms with Crippen LogP contribution in [0.25, 0.3) is 0 Å². The molecule has 0 aliphatic carbocycles. The molecule has 19 heavy (non-hydrogen) atoms. The predicted octanol–water partition coefficient (Wildman–Crippen LogP) is 3.46. The summed E-state index contributed by atoms with van der Waals surface area (Å²) in [7, 11) is -1.81. The molecule has 1 aromatic heterocycles. The average Bonchev–Trinajstić information content (AvgIpc) is 2.36. The molecule has 0 aliphatic heterocycles. The van der Waals surface area contributed by atoms with Crippen molar-refractivity contribution in [1.82, 2.24) is 0 Å². The molecule has 0 aliphatic rings. The summed E-state index contributed by atoms with van der Waals surface area (Å²) in [5.41, 5.74) is 0.661. The molecule has 0 spiro atoms. The van der Waals surface area contributed by atoms with Gasteiger partial charge >= 0.3 is 0 Å². The molecule has 1 rings (SSSR count).